The monoisotopic (exact) mass is 340 g/mol. The molecule has 0 spiro atoms. The van der Waals surface area contributed by atoms with Crippen LogP contribution in [0.5, 0.6) is 0 Å². The standard InChI is InChI=1S/C18H20N4OS/c1-12-15(13-6-5-7-14(10-13)18(2,3)4)24-16(20-12)21-17(23)22-9-8-19-11-22/h5-11H,1-4H3,(H,20,21,23). The van der Waals surface area contributed by atoms with Gasteiger partial charge in [0, 0.05) is 12.4 Å². The average molecular weight is 340 g/mol. The number of aryl methyl sites for hydroxylation is 1. The minimum atomic E-state index is -0.267. The molecule has 0 aliphatic carbocycles. The van der Waals surface area contributed by atoms with Crippen LogP contribution in [0.3, 0.4) is 0 Å². The van der Waals surface area contributed by atoms with Crippen LogP contribution >= 0.6 is 11.3 Å². The Labute approximate surface area is 145 Å². The Hall–Kier alpha value is -2.47. The fourth-order valence-electron chi connectivity index (χ4n) is 2.38. The lowest BCUT2D eigenvalue weighted by molar-refractivity contribution is 0.253. The molecule has 24 heavy (non-hydrogen) atoms. The van der Waals surface area contributed by atoms with Crippen LogP contribution < -0.4 is 5.32 Å². The van der Waals surface area contributed by atoms with Crippen LogP contribution in [0.25, 0.3) is 10.4 Å². The van der Waals surface area contributed by atoms with Gasteiger partial charge in [-0.15, -0.1) is 0 Å². The minimum Gasteiger partial charge on any atom is -0.283 e. The third-order valence-electron chi connectivity index (χ3n) is 3.74. The van der Waals surface area contributed by atoms with Gasteiger partial charge in [-0.05, 0) is 29.5 Å². The summed E-state index contributed by atoms with van der Waals surface area (Å²) in [5.41, 5.74) is 3.40. The molecule has 0 saturated heterocycles. The summed E-state index contributed by atoms with van der Waals surface area (Å²) in [5.74, 6) is 0. The molecular formula is C18H20N4OS. The predicted molar refractivity (Wildman–Crippen MR) is 97.6 cm³/mol. The van der Waals surface area contributed by atoms with Crippen molar-refractivity contribution in [2.75, 3.05) is 5.32 Å². The van der Waals surface area contributed by atoms with E-state index in [1.165, 1.54) is 27.8 Å². The molecule has 1 aromatic carbocycles. The maximum absolute atomic E-state index is 12.1. The number of aromatic nitrogens is 3. The molecule has 1 N–H and O–H groups in total. The molecule has 0 atom stereocenters. The van der Waals surface area contributed by atoms with Crippen molar-refractivity contribution in [1.29, 1.82) is 0 Å². The molecule has 1 amide bonds. The highest BCUT2D eigenvalue weighted by atomic mass is 32.1. The second-order valence-corrected chi connectivity index (χ2v) is 7.66. The molecule has 0 radical (unpaired) electrons. The smallest absolute Gasteiger partial charge is 0.283 e. The second-order valence-electron chi connectivity index (χ2n) is 6.66. The van der Waals surface area contributed by atoms with E-state index in [1.807, 2.05) is 6.92 Å². The van der Waals surface area contributed by atoms with Crippen LogP contribution in [0, 0.1) is 6.92 Å². The number of carbonyl (C=O) groups excluding carboxylic acids is 1. The van der Waals surface area contributed by atoms with Gasteiger partial charge in [0.25, 0.3) is 0 Å². The summed E-state index contributed by atoms with van der Waals surface area (Å²) in [7, 11) is 0. The fourth-order valence-corrected chi connectivity index (χ4v) is 3.33. The molecule has 3 rings (SSSR count). The first kappa shape index (κ1) is 16.4. The van der Waals surface area contributed by atoms with E-state index in [0.29, 0.717) is 5.13 Å². The van der Waals surface area contributed by atoms with Gasteiger partial charge in [-0.3, -0.25) is 9.88 Å². The Balaban J connectivity index is 1.88. The molecule has 0 aliphatic heterocycles. The quantitative estimate of drug-likeness (QED) is 0.736. The topological polar surface area (TPSA) is 59.8 Å². The van der Waals surface area contributed by atoms with E-state index in [0.717, 1.165) is 16.1 Å². The highest BCUT2D eigenvalue weighted by Gasteiger charge is 2.17. The van der Waals surface area contributed by atoms with Crippen LogP contribution in [0.2, 0.25) is 0 Å². The number of carbonyl (C=O) groups is 1. The summed E-state index contributed by atoms with van der Waals surface area (Å²) in [6, 6.07) is 8.22. The second kappa shape index (κ2) is 6.20. The SMILES string of the molecule is Cc1nc(NC(=O)n2ccnc2)sc1-c1cccc(C(C)(C)C)c1. The molecular weight excluding hydrogens is 320 g/mol. The zero-order valence-electron chi connectivity index (χ0n) is 14.2. The molecule has 124 valence electrons. The fraction of sp³-hybridized carbons (Fsp3) is 0.278. The Bertz CT molecular complexity index is 860. The van der Waals surface area contributed by atoms with E-state index < -0.39 is 0 Å². The number of hydrogen-bond acceptors (Lipinski definition) is 4. The summed E-state index contributed by atoms with van der Waals surface area (Å²) >= 11 is 1.48. The van der Waals surface area contributed by atoms with Crippen molar-refractivity contribution in [3.63, 3.8) is 0 Å². The van der Waals surface area contributed by atoms with Crippen LogP contribution in [-0.2, 0) is 5.41 Å². The largest absolute Gasteiger partial charge is 0.333 e. The Morgan fingerprint density at radius 1 is 1.29 bits per heavy atom. The Morgan fingerprint density at radius 3 is 2.75 bits per heavy atom. The van der Waals surface area contributed by atoms with E-state index in [1.54, 1.807) is 12.4 Å². The number of amides is 1. The highest BCUT2D eigenvalue weighted by Crippen LogP contribution is 2.35. The van der Waals surface area contributed by atoms with Gasteiger partial charge in [0.1, 0.15) is 6.33 Å². The lowest BCUT2D eigenvalue weighted by Crippen LogP contribution is -2.17. The van der Waals surface area contributed by atoms with Gasteiger partial charge in [0.05, 0.1) is 10.6 Å². The highest BCUT2D eigenvalue weighted by molar-refractivity contribution is 7.19. The van der Waals surface area contributed by atoms with Gasteiger partial charge in [-0.25, -0.2) is 14.8 Å². The first-order chi connectivity index (χ1) is 11.3. The van der Waals surface area contributed by atoms with Crippen molar-refractivity contribution in [3.05, 3.63) is 54.2 Å². The normalized spacial score (nSPS) is 11.5. The third kappa shape index (κ3) is 3.38. The number of nitrogens with zero attached hydrogens (tertiary/aromatic N) is 3. The molecule has 6 heteroatoms. The lowest BCUT2D eigenvalue weighted by atomic mass is 9.86. The van der Waals surface area contributed by atoms with E-state index >= 15 is 0 Å². The Morgan fingerprint density at radius 2 is 2.08 bits per heavy atom. The molecule has 5 nitrogen and oxygen atoms in total. The number of benzene rings is 1. The minimum absolute atomic E-state index is 0.0903. The van der Waals surface area contributed by atoms with E-state index in [-0.39, 0.29) is 11.4 Å². The van der Waals surface area contributed by atoms with Gasteiger partial charge in [-0.1, -0.05) is 50.3 Å². The number of imidazole rings is 1. The summed E-state index contributed by atoms with van der Waals surface area (Å²) in [6.07, 6.45) is 4.63. The van der Waals surface area contributed by atoms with Gasteiger partial charge in [0.15, 0.2) is 5.13 Å². The summed E-state index contributed by atoms with van der Waals surface area (Å²) in [6.45, 7) is 8.55. The number of rotatable bonds is 2. The maximum Gasteiger partial charge on any atom is 0.333 e. The lowest BCUT2D eigenvalue weighted by Gasteiger charge is -2.19. The molecule has 0 aliphatic rings. The molecule has 0 bridgehead atoms. The van der Waals surface area contributed by atoms with Gasteiger partial charge in [0.2, 0.25) is 0 Å². The van der Waals surface area contributed by atoms with Gasteiger partial charge < -0.3 is 0 Å². The molecule has 3 aromatic rings. The molecule has 0 unspecified atom stereocenters. The average Bonchev–Trinajstić information content (AvgIpc) is 3.16. The van der Waals surface area contributed by atoms with Crippen LogP contribution in [0.15, 0.2) is 43.0 Å². The van der Waals surface area contributed by atoms with Crippen LogP contribution in [0.4, 0.5) is 9.93 Å². The van der Waals surface area contributed by atoms with Crippen molar-refractivity contribution in [3.8, 4) is 10.4 Å². The van der Waals surface area contributed by atoms with Crippen LogP contribution in [-0.4, -0.2) is 20.6 Å². The van der Waals surface area contributed by atoms with Crippen molar-refractivity contribution in [2.24, 2.45) is 0 Å². The van der Waals surface area contributed by atoms with Gasteiger partial charge in [-0.2, -0.15) is 0 Å². The first-order valence-electron chi connectivity index (χ1n) is 7.72. The summed E-state index contributed by atoms with van der Waals surface area (Å²) in [5, 5.41) is 3.40. The number of nitrogens with one attached hydrogen (secondary N) is 1. The molecule has 2 aromatic heterocycles. The number of anilines is 1. The van der Waals surface area contributed by atoms with Crippen LogP contribution in [0.1, 0.15) is 32.0 Å². The number of thiazole rings is 1. The Kier molecular flexibility index (Phi) is 4.24. The summed E-state index contributed by atoms with van der Waals surface area (Å²) in [4.78, 5) is 21.5. The van der Waals surface area contributed by atoms with Crippen molar-refractivity contribution in [1.82, 2.24) is 14.5 Å². The van der Waals surface area contributed by atoms with E-state index in [9.17, 15) is 4.79 Å². The van der Waals surface area contributed by atoms with E-state index in [2.05, 4.69) is 60.3 Å². The van der Waals surface area contributed by atoms with Crippen molar-refractivity contribution < 1.29 is 4.79 Å². The molecule has 0 saturated carbocycles. The third-order valence-corrected chi connectivity index (χ3v) is 4.86. The molecule has 0 fully saturated rings. The van der Waals surface area contributed by atoms with Crippen molar-refractivity contribution in [2.45, 2.75) is 33.1 Å². The van der Waals surface area contributed by atoms with Gasteiger partial charge >= 0.3 is 6.03 Å². The zero-order chi connectivity index (χ0) is 17.3. The van der Waals surface area contributed by atoms with E-state index in [4.69, 9.17) is 0 Å². The predicted octanol–water partition coefficient (Wildman–Crippen LogP) is 4.69. The summed E-state index contributed by atoms with van der Waals surface area (Å²) < 4.78 is 1.39. The zero-order valence-corrected chi connectivity index (χ0v) is 15.0. The number of hydrogen-bond donors (Lipinski definition) is 1. The first-order valence-corrected chi connectivity index (χ1v) is 8.54. The maximum atomic E-state index is 12.1. The van der Waals surface area contributed by atoms with Crippen molar-refractivity contribution >= 4 is 22.5 Å². The molecule has 2 heterocycles.